The molecule has 0 spiro atoms. The molecule has 1 aromatic rings. The highest BCUT2D eigenvalue weighted by molar-refractivity contribution is 5.90. The van der Waals surface area contributed by atoms with E-state index in [0.717, 1.165) is 0 Å². The average Bonchev–Trinajstić information content (AvgIpc) is 2.46. The fourth-order valence-corrected chi connectivity index (χ4v) is 2.20. The first-order valence-electron chi connectivity index (χ1n) is 6.71. The first-order chi connectivity index (χ1) is 9.49. The van der Waals surface area contributed by atoms with Crippen LogP contribution in [0.25, 0.3) is 0 Å². The molecule has 6 nitrogen and oxygen atoms in total. The van der Waals surface area contributed by atoms with Crippen LogP contribution in [0.2, 0.25) is 0 Å². The van der Waals surface area contributed by atoms with Crippen molar-refractivity contribution in [3.63, 3.8) is 0 Å². The highest BCUT2D eigenvalue weighted by Gasteiger charge is 2.23. The van der Waals surface area contributed by atoms with Gasteiger partial charge in [-0.05, 0) is 12.1 Å². The second-order valence-electron chi connectivity index (χ2n) is 5.13. The fourth-order valence-electron chi connectivity index (χ4n) is 2.20. The molecule has 1 fully saturated rings. The third-order valence-electron chi connectivity index (χ3n) is 3.32. The summed E-state index contributed by atoms with van der Waals surface area (Å²) in [4.78, 5) is 31.1. The molecule has 2 heterocycles. The van der Waals surface area contributed by atoms with E-state index in [1.54, 1.807) is 12.1 Å². The number of pyridine rings is 1. The lowest BCUT2D eigenvalue weighted by Gasteiger charge is -2.36. The number of aromatic nitrogens is 1. The van der Waals surface area contributed by atoms with Gasteiger partial charge >= 0.3 is 0 Å². The maximum atomic E-state index is 11.9. The Morgan fingerprint density at radius 3 is 2.50 bits per heavy atom. The van der Waals surface area contributed by atoms with Crippen molar-refractivity contribution in [2.45, 2.75) is 13.8 Å². The van der Waals surface area contributed by atoms with E-state index in [0.29, 0.717) is 32.0 Å². The predicted molar refractivity (Wildman–Crippen MR) is 75.2 cm³/mol. The van der Waals surface area contributed by atoms with Crippen LogP contribution in [-0.4, -0.2) is 47.9 Å². The van der Waals surface area contributed by atoms with Gasteiger partial charge in [-0.3, -0.25) is 9.59 Å². The van der Waals surface area contributed by atoms with Crippen molar-refractivity contribution in [1.82, 2.24) is 9.88 Å². The Labute approximate surface area is 118 Å². The molecule has 1 saturated heterocycles. The highest BCUT2D eigenvalue weighted by atomic mass is 16.2. The summed E-state index contributed by atoms with van der Waals surface area (Å²) in [5, 5.41) is 0. The molecule has 1 aromatic heterocycles. The van der Waals surface area contributed by atoms with Gasteiger partial charge in [0.1, 0.15) is 11.5 Å². The summed E-state index contributed by atoms with van der Waals surface area (Å²) in [5.74, 6) is 0.318. The van der Waals surface area contributed by atoms with E-state index in [-0.39, 0.29) is 17.5 Å². The van der Waals surface area contributed by atoms with Gasteiger partial charge in [-0.1, -0.05) is 13.8 Å². The van der Waals surface area contributed by atoms with Gasteiger partial charge in [-0.25, -0.2) is 4.98 Å². The first-order valence-corrected chi connectivity index (χ1v) is 6.71. The molecule has 20 heavy (non-hydrogen) atoms. The molecule has 0 atom stereocenters. The van der Waals surface area contributed by atoms with E-state index in [9.17, 15) is 9.59 Å². The quantitative estimate of drug-likeness (QED) is 0.859. The number of carbonyl (C=O) groups is 2. The van der Waals surface area contributed by atoms with Crippen molar-refractivity contribution in [1.29, 1.82) is 0 Å². The van der Waals surface area contributed by atoms with Crippen LogP contribution in [0.1, 0.15) is 24.3 Å². The molecule has 6 heteroatoms. The van der Waals surface area contributed by atoms with Crippen molar-refractivity contribution in [2.24, 2.45) is 11.7 Å². The molecular formula is C14H19N4O2. The second kappa shape index (κ2) is 5.90. The number of primary amides is 1. The van der Waals surface area contributed by atoms with Crippen molar-refractivity contribution in [2.75, 3.05) is 31.1 Å². The normalized spacial score (nSPS) is 15.6. The molecule has 2 N–H and O–H groups in total. The number of rotatable bonds is 3. The summed E-state index contributed by atoms with van der Waals surface area (Å²) in [6, 6.07) is 6.16. The number of nitrogens with zero attached hydrogens (tertiary/aromatic N) is 3. The minimum Gasteiger partial charge on any atom is -0.364 e. The standard InChI is InChI=1S/C14H19N4O2/c1-10(2)14(20)18-8-6-17(7-9-18)12-5-3-4-11(16-12)13(15)19/h3,5,10H,6-9H2,1-2H3,(H2,15,19). The van der Waals surface area contributed by atoms with Gasteiger partial charge in [-0.15, -0.1) is 0 Å². The lowest BCUT2D eigenvalue weighted by molar-refractivity contribution is -0.134. The van der Waals surface area contributed by atoms with Gasteiger partial charge in [0.25, 0.3) is 5.91 Å². The average molecular weight is 275 g/mol. The number of carbonyl (C=O) groups excluding carboxylic acids is 2. The van der Waals surface area contributed by atoms with Crippen LogP contribution in [-0.2, 0) is 4.79 Å². The van der Waals surface area contributed by atoms with Crippen molar-refractivity contribution in [3.05, 3.63) is 23.9 Å². The van der Waals surface area contributed by atoms with Gasteiger partial charge < -0.3 is 15.5 Å². The molecule has 0 bridgehead atoms. The third kappa shape index (κ3) is 3.07. The molecule has 0 aliphatic carbocycles. The summed E-state index contributed by atoms with van der Waals surface area (Å²) in [6.45, 7) is 6.55. The zero-order valence-electron chi connectivity index (χ0n) is 11.8. The largest absolute Gasteiger partial charge is 0.364 e. The minimum absolute atomic E-state index is 0.0208. The summed E-state index contributed by atoms with van der Waals surface area (Å²) in [5.41, 5.74) is 5.35. The Balaban J connectivity index is 2.02. The molecule has 1 aliphatic heterocycles. The lowest BCUT2D eigenvalue weighted by atomic mass is 10.1. The van der Waals surface area contributed by atoms with Gasteiger partial charge in [0.2, 0.25) is 5.91 Å². The Morgan fingerprint density at radius 1 is 1.30 bits per heavy atom. The van der Waals surface area contributed by atoms with Crippen LogP contribution in [0.5, 0.6) is 0 Å². The molecule has 0 aromatic carbocycles. The first kappa shape index (κ1) is 14.3. The maximum Gasteiger partial charge on any atom is 0.268 e. The zero-order valence-corrected chi connectivity index (χ0v) is 11.8. The van der Waals surface area contributed by atoms with E-state index < -0.39 is 5.91 Å². The van der Waals surface area contributed by atoms with Crippen LogP contribution < -0.4 is 10.6 Å². The number of amides is 2. The number of anilines is 1. The topological polar surface area (TPSA) is 79.5 Å². The van der Waals surface area contributed by atoms with E-state index in [1.807, 2.05) is 23.6 Å². The summed E-state index contributed by atoms with van der Waals surface area (Å²) < 4.78 is 0. The molecule has 2 amide bonds. The summed E-state index contributed by atoms with van der Waals surface area (Å²) in [6.07, 6.45) is 0. The number of nitrogens with two attached hydrogens (primary N) is 1. The van der Waals surface area contributed by atoms with Crippen LogP contribution in [0.3, 0.4) is 0 Å². The van der Waals surface area contributed by atoms with Crippen LogP contribution in [0.15, 0.2) is 12.1 Å². The predicted octanol–water partition coefficient (Wildman–Crippen LogP) is 0.285. The van der Waals surface area contributed by atoms with Crippen molar-refractivity contribution < 1.29 is 9.59 Å². The maximum absolute atomic E-state index is 11.9. The molecule has 1 radical (unpaired) electrons. The van der Waals surface area contributed by atoms with Gasteiger partial charge in [-0.2, -0.15) is 0 Å². The molecular weight excluding hydrogens is 256 g/mol. The minimum atomic E-state index is -0.583. The Morgan fingerprint density at radius 2 is 1.95 bits per heavy atom. The number of hydrogen-bond donors (Lipinski definition) is 1. The summed E-state index contributed by atoms with van der Waals surface area (Å²) >= 11 is 0. The monoisotopic (exact) mass is 275 g/mol. The SMILES string of the molecule is CC(C)C(=O)N1CCN(c2cc[c]c(C(N)=O)n2)CC1. The van der Waals surface area contributed by atoms with Crippen molar-refractivity contribution >= 4 is 17.6 Å². The molecule has 2 rings (SSSR count). The third-order valence-corrected chi connectivity index (χ3v) is 3.32. The molecule has 1 aliphatic rings. The zero-order chi connectivity index (χ0) is 14.7. The summed E-state index contributed by atoms with van der Waals surface area (Å²) in [7, 11) is 0. The number of hydrogen-bond acceptors (Lipinski definition) is 4. The van der Waals surface area contributed by atoms with Crippen LogP contribution in [0.4, 0.5) is 5.82 Å². The van der Waals surface area contributed by atoms with E-state index >= 15 is 0 Å². The van der Waals surface area contributed by atoms with E-state index in [4.69, 9.17) is 5.73 Å². The Kier molecular flexibility index (Phi) is 4.22. The van der Waals surface area contributed by atoms with Crippen LogP contribution >= 0.6 is 0 Å². The fraction of sp³-hybridized carbons (Fsp3) is 0.500. The second-order valence-corrected chi connectivity index (χ2v) is 5.13. The van der Waals surface area contributed by atoms with E-state index in [2.05, 4.69) is 11.1 Å². The van der Waals surface area contributed by atoms with Gasteiger partial charge in [0.15, 0.2) is 0 Å². The Bertz CT molecular complexity index is 508. The molecule has 0 unspecified atom stereocenters. The molecule has 0 saturated carbocycles. The van der Waals surface area contributed by atoms with Crippen molar-refractivity contribution in [3.8, 4) is 0 Å². The molecule has 107 valence electrons. The smallest absolute Gasteiger partial charge is 0.268 e. The van der Waals surface area contributed by atoms with Gasteiger partial charge in [0, 0.05) is 38.2 Å². The number of piperazine rings is 1. The Hall–Kier alpha value is -2.11. The van der Waals surface area contributed by atoms with E-state index in [1.165, 1.54) is 0 Å². The highest BCUT2D eigenvalue weighted by Crippen LogP contribution is 2.15. The van der Waals surface area contributed by atoms with Gasteiger partial charge in [0.05, 0.1) is 0 Å². The lowest BCUT2D eigenvalue weighted by Crippen LogP contribution is -2.50. The van der Waals surface area contributed by atoms with Crippen LogP contribution in [0, 0.1) is 12.0 Å².